The third-order valence-corrected chi connectivity index (χ3v) is 6.76. The molecule has 1 amide bonds. The second-order valence-corrected chi connectivity index (χ2v) is 9.33. The fraction of sp³-hybridized carbons (Fsp3) is 0.400. The third kappa shape index (κ3) is 6.43. The molecule has 9 heteroatoms. The second-order valence-electron chi connectivity index (χ2n) is 9.33. The van der Waals surface area contributed by atoms with Gasteiger partial charge < -0.3 is 29.0 Å². The number of ketones is 1. The van der Waals surface area contributed by atoms with E-state index in [1.165, 1.54) is 12.0 Å². The van der Waals surface area contributed by atoms with Crippen molar-refractivity contribution in [1.82, 2.24) is 9.80 Å². The maximum Gasteiger partial charge on any atom is 0.295 e. The molecule has 2 aromatic carbocycles. The molecule has 2 fully saturated rings. The Morgan fingerprint density at radius 2 is 1.82 bits per heavy atom. The molecule has 0 radical (unpaired) electrons. The lowest BCUT2D eigenvalue weighted by molar-refractivity contribution is -0.140. The number of nitrogens with zero attached hydrogens (tertiary/aromatic N) is 2. The van der Waals surface area contributed by atoms with Gasteiger partial charge in [-0.25, -0.2) is 0 Å². The highest BCUT2D eigenvalue weighted by atomic mass is 16.5. The number of aliphatic hydroxyl groups excluding tert-OH is 1. The van der Waals surface area contributed by atoms with Crippen molar-refractivity contribution in [3.63, 3.8) is 0 Å². The average molecular weight is 537 g/mol. The van der Waals surface area contributed by atoms with Crippen LogP contribution in [0.25, 0.3) is 5.76 Å². The van der Waals surface area contributed by atoms with Crippen LogP contribution in [-0.2, 0) is 14.3 Å². The van der Waals surface area contributed by atoms with Gasteiger partial charge >= 0.3 is 0 Å². The monoisotopic (exact) mass is 536 g/mol. The number of morpholine rings is 1. The van der Waals surface area contributed by atoms with Crippen LogP contribution in [-0.4, -0.2) is 86.3 Å². The topological polar surface area (TPSA) is 97.8 Å². The molecule has 0 aliphatic carbocycles. The van der Waals surface area contributed by atoms with Gasteiger partial charge in [0, 0.05) is 31.7 Å². The van der Waals surface area contributed by atoms with E-state index >= 15 is 0 Å². The first kappa shape index (κ1) is 28.2. The molecule has 9 nitrogen and oxygen atoms in total. The molecule has 2 aromatic rings. The predicted molar refractivity (Wildman–Crippen MR) is 147 cm³/mol. The van der Waals surface area contributed by atoms with E-state index < -0.39 is 17.7 Å². The Bertz CT molecular complexity index is 1200. The molecule has 1 atom stereocenters. The van der Waals surface area contributed by atoms with E-state index in [2.05, 4.69) is 11.5 Å². The first-order valence-corrected chi connectivity index (χ1v) is 13.2. The number of rotatable bonds is 12. The highest BCUT2D eigenvalue weighted by molar-refractivity contribution is 6.46. The van der Waals surface area contributed by atoms with Crippen molar-refractivity contribution in [3.05, 3.63) is 71.8 Å². The first-order chi connectivity index (χ1) is 19.0. The largest absolute Gasteiger partial charge is 0.507 e. The fourth-order valence-corrected chi connectivity index (χ4v) is 4.74. The molecule has 0 bridgehead atoms. The van der Waals surface area contributed by atoms with Crippen molar-refractivity contribution < 1.29 is 33.6 Å². The summed E-state index contributed by atoms with van der Waals surface area (Å²) in [5.74, 6) is 0.0102. The quantitative estimate of drug-likeness (QED) is 0.189. The van der Waals surface area contributed by atoms with E-state index in [1.807, 2.05) is 6.92 Å². The molecule has 4 rings (SSSR count). The zero-order chi connectivity index (χ0) is 27.8. The van der Waals surface area contributed by atoms with Crippen molar-refractivity contribution in [2.24, 2.45) is 0 Å². The molecule has 39 heavy (non-hydrogen) atoms. The Morgan fingerprint density at radius 1 is 1.08 bits per heavy atom. The molecular weight excluding hydrogens is 500 g/mol. The Morgan fingerprint density at radius 3 is 2.49 bits per heavy atom. The number of ether oxygens (including phenoxy) is 4. The molecule has 1 N–H and O–H groups in total. The van der Waals surface area contributed by atoms with Gasteiger partial charge in [0.25, 0.3) is 11.7 Å². The number of benzene rings is 2. The van der Waals surface area contributed by atoms with Gasteiger partial charge in [-0.3, -0.25) is 14.5 Å². The predicted octanol–water partition coefficient (Wildman–Crippen LogP) is 3.80. The minimum atomic E-state index is -0.801. The van der Waals surface area contributed by atoms with Gasteiger partial charge in [0.15, 0.2) is 11.5 Å². The standard InChI is InChI=1S/C30H36N2O7/c1-4-16-38-23-9-6-21(7-10-23)28(33)26-27(22-8-11-24(39-17-5-2)25(20-22)36-3)32(30(35)29(26)34)13-12-31-14-18-37-19-15-31/h5-11,20,27,33H,2,4,12-19H2,1,3H3/b28-26+. The van der Waals surface area contributed by atoms with Gasteiger partial charge in [-0.15, -0.1) is 0 Å². The molecular formula is C30H36N2O7. The van der Waals surface area contributed by atoms with Crippen molar-refractivity contribution in [2.75, 3.05) is 59.7 Å². The van der Waals surface area contributed by atoms with Crippen LogP contribution in [0.3, 0.4) is 0 Å². The molecule has 0 aromatic heterocycles. The number of carbonyl (C=O) groups excluding carboxylic acids is 2. The normalized spacial score (nSPS) is 19.2. The van der Waals surface area contributed by atoms with E-state index in [0.717, 1.165) is 19.5 Å². The molecule has 2 heterocycles. The summed E-state index contributed by atoms with van der Waals surface area (Å²) in [5.41, 5.74) is 1.09. The SMILES string of the molecule is C=CCOc1ccc(C2/C(=C(\O)c3ccc(OCCC)cc3)C(=O)C(=O)N2CCN2CCOCC2)cc1OC. The zero-order valence-electron chi connectivity index (χ0n) is 22.6. The fourth-order valence-electron chi connectivity index (χ4n) is 4.74. The molecule has 0 saturated carbocycles. The summed E-state index contributed by atoms with van der Waals surface area (Å²) in [5, 5.41) is 11.4. The number of amides is 1. The summed E-state index contributed by atoms with van der Waals surface area (Å²) < 4.78 is 22.3. The maximum absolute atomic E-state index is 13.4. The lowest BCUT2D eigenvalue weighted by atomic mass is 9.95. The molecule has 2 aliphatic heterocycles. The maximum atomic E-state index is 13.4. The van der Waals surface area contributed by atoms with Crippen LogP contribution in [0, 0.1) is 0 Å². The van der Waals surface area contributed by atoms with E-state index in [9.17, 15) is 14.7 Å². The lowest BCUT2D eigenvalue weighted by Crippen LogP contribution is -2.42. The highest BCUT2D eigenvalue weighted by Crippen LogP contribution is 2.42. The van der Waals surface area contributed by atoms with Crippen LogP contribution in [0.4, 0.5) is 0 Å². The Balaban J connectivity index is 1.73. The van der Waals surface area contributed by atoms with Crippen LogP contribution in [0.15, 0.2) is 60.7 Å². The first-order valence-electron chi connectivity index (χ1n) is 13.2. The number of Topliss-reactive ketones (excluding diaryl/α,β-unsaturated/α-hetero) is 1. The van der Waals surface area contributed by atoms with Crippen molar-refractivity contribution in [2.45, 2.75) is 19.4 Å². The third-order valence-electron chi connectivity index (χ3n) is 6.76. The molecule has 2 saturated heterocycles. The summed E-state index contributed by atoms with van der Waals surface area (Å²) in [7, 11) is 1.53. The van der Waals surface area contributed by atoms with Crippen molar-refractivity contribution in [3.8, 4) is 17.2 Å². The molecule has 0 spiro atoms. The Labute approximate surface area is 229 Å². The van der Waals surface area contributed by atoms with Crippen LogP contribution < -0.4 is 14.2 Å². The summed E-state index contributed by atoms with van der Waals surface area (Å²) in [4.78, 5) is 30.5. The number of carbonyl (C=O) groups is 2. The molecule has 2 aliphatic rings. The van der Waals surface area contributed by atoms with Crippen LogP contribution in [0.2, 0.25) is 0 Å². The van der Waals surface area contributed by atoms with Gasteiger partial charge in [-0.05, 0) is 48.4 Å². The number of hydrogen-bond donors (Lipinski definition) is 1. The molecule has 1 unspecified atom stereocenters. The number of methoxy groups -OCH3 is 1. The Kier molecular flexibility index (Phi) is 9.62. The van der Waals surface area contributed by atoms with Gasteiger partial charge in [-0.2, -0.15) is 0 Å². The van der Waals surface area contributed by atoms with Crippen molar-refractivity contribution in [1.29, 1.82) is 0 Å². The van der Waals surface area contributed by atoms with E-state index in [-0.39, 0.29) is 11.3 Å². The average Bonchev–Trinajstić information content (AvgIpc) is 3.23. The van der Waals surface area contributed by atoms with E-state index in [4.69, 9.17) is 18.9 Å². The van der Waals surface area contributed by atoms with Crippen molar-refractivity contribution >= 4 is 17.4 Å². The van der Waals surface area contributed by atoms with Crippen LogP contribution >= 0.6 is 0 Å². The summed E-state index contributed by atoms with van der Waals surface area (Å²) in [6, 6.07) is 11.3. The van der Waals surface area contributed by atoms with Gasteiger partial charge in [-0.1, -0.05) is 25.6 Å². The van der Waals surface area contributed by atoms with Gasteiger partial charge in [0.1, 0.15) is 18.1 Å². The summed E-state index contributed by atoms with van der Waals surface area (Å²) in [6.45, 7) is 10.2. The lowest BCUT2D eigenvalue weighted by Gasteiger charge is -2.31. The number of likely N-dealkylation sites (tertiary alicyclic amines) is 1. The van der Waals surface area contributed by atoms with Gasteiger partial charge in [0.05, 0.1) is 38.5 Å². The summed E-state index contributed by atoms with van der Waals surface area (Å²) >= 11 is 0. The molecule has 208 valence electrons. The second kappa shape index (κ2) is 13.3. The van der Waals surface area contributed by atoms with E-state index in [1.54, 1.807) is 48.5 Å². The van der Waals surface area contributed by atoms with E-state index in [0.29, 0.717) is 67.9 Å². The van der Waals surface area contributed by atoms with Gasteiger partial charge in [0.2, 0.25) is 0 Å². The van der Waals surface area contributed by atoms with Crippen LogP contribution in [0.1, 0.15) is 30.5 Å². The minimum Gasteiger partial charge on any atom is -0.507 e. The smallest absolute Gasteiger partial charge is 0.295 e. The zero-order valence-corrected chi connectivity index (χ0v) is 22.6. The minimum absolute atomic E-state index is 0.0333. The van der Waals surface area contributed by atoms with Crippen LogP contribution in [0.5, 0.6) is 17.2 Å². The highest BCUT2D eigenvalue weighted by Gasteiger charge is 2.46. The number of aliphatic hydroxyl groups is 1. The number of hydrogen-bond acceptors (Lipinski definition) is 8. The summed E-state index contributed by atoms with van der Waals surface area (Å²) in [6.07, 6.45) is 2.50. The Hall–Kier alpha value is -3.82.